The van der Waals surface area contributed by atoms with Gasteiger partial charge in [0.25, 0.3) is 0 Å². The summed E-state index contributed by atoms with van der Waals surface area (Å²) in [7, 11) is 3.85. The Morgan fingerprint density at radius 1 is 1.29 bits per heavy atom. The maximum atomic E-state index is 13.0. The second-order valence-electron chi connectivity index (χ2n) is 5.20. The third kappa shape index (κ3) is 3.83. The lowest BCUT2D eigenvalue weighted by atomic mass is 10.0. The van der Waals surface area contributed by atoms with E-state index >= 15 is 0 Å². The molecule has 3 nitrogen and oxygen atoms in total. The number of hydrogen-bond acceptors (Lipinski definition) is 2. The van der Waals surface area contributed by atoms with Crippen LogP contribution in [0.25, 0.3) is 0 Å². The molecule has 1 aromatic carbocycles. The van der Waals surface area contributed by atoms with Gasteiger partial charge < -0.3 is 5.32 Å². The zero-order valence-electron chi connectivity index (χ0n) is 12.7. The molecule has 0 saturated heterocycles. The van der Waals surface area contributed by atoms with Crippen LogP contribution in [-0.4, -0.2) is 22.9 Å². The molecule has 1 N–H and O–H groups in total. The summed E-state index contributed by atoms with van der Waals surface area (Å²) < 4.78 is 14.8. The van der Waals surface area contributed by atoms with Crippen molar-refractivity contribution >= 4 is 11.6 Å². The van der Waals surface area contributed by atoms with Crippen molar-refractivity contribution in [2.45, 2.75) is 32.2 Å². The molecule has 0 saturated carbocycles. The summed E-state index contributed by atoms with van der Waals surface area (Å²) in [6, 6.07) is 6.86. The molecule has 0 aliphatic heterocycles. The van der Waals surface area contributed by atoms with Gasteiger partial charge in [-0.05, 0) is 37.6 Å². The number of rotatable bonds is 6. The number of halogens is 2. The third-order valence-electron chi connectivity index (χ3n) is 3.75. The summed E-state index contributed by atoms with van der Waals surface area (Å²) in [5, 5.41) is 8.51. The van der Waals surface area contributed by atoms with Crippen LogP contribution in [0.5, 0.6) is 0 Å². The van der Waals surface area contributed by atoms with Crippen LogP contribution in [0.1, 0.15) is 23.9 Å². The smallest absolute Gasteiger partial charge is 0.123 e. The quantitative estimate of drug-likeness (QED) is 0.888. The Labute approximate surface area is 130 Å². The molecule has 1 heterocycles. The maximum Gasteiger partial charge on any atom is 0.123 e. The van der Waals surface area contributed by atoms with Crippen molar-refractivity contribution in [3.8, 4) is 0 Å². The Morgan fingerprint density at radius 3 is 2.48 bits per heavy atom. The first-order valence-corrected chi connectivity index (χ1v) is 7.54. The van der Waals surface area contributed by atoms with E-state index in [4.69, 9.17) is 11.6 Å². The summed E-state index contributed by atoms with van der Waals surface area (Å²) in [5.41, 5.74) is 3.07. The van der Waals surface area contributed by atoms with Crippen LogP contribution in [-0.2, 0) is 26.3 Å². The Hall–Kier alpha value is -1.39. The predicted molar refractivity (Wildman–Crippen MR) is 84.3 cm³/mol. The summed E-state index contributed by atoms with van der Waals surface area (Å²) >= 11 is 6.39. The van der Waals surface area contributed by atoms with Gasteiger partial charge in [-0.3, -0.25) is 4.68 Å². The first-order valence-electron chi connectivity index (χ1n) is 7.17. The average molecular weight is 310 g/mol. The fourth-order valence-electron chi connectivity index (χ4n) is 2.46. The molecule has 21 heavy (non-hydrogen) atoms. The summed E-state index contributed by atoms with van der Waals surface area (Å²) in [6.45, 7) is 2.05. The van der Waals surface area contributed by atoms with Crippen molar-refractivity contribution in [3.63, 3.8) is 0 Å². The van der Waals surface area contributed by atoms with Crippen LogP contribution < -0.4 is 5.32 Å². The molecule has 0 fully saturated rings. The minimum absolute atomic E-state index is 0.206. The number of benzene rings is 1. The number of aryl methyl sites for hydroxylation is 2. The van der Waals surface area contributed by atoms with E-state index in [9.17, 15) is 4.39 Å². The monoisotopic (exact) mass is 309 g/mol. The molecule has 0 bridgehead atoms. The van der Waals surface area contributed by atoms with Crippen LogP contribution in [0.3, 0.4) is 0 Å². The van der Waals surface area contributed by atoms with Gasteiger partial charge in [0.1, 0.15) is 5.82 Å². The van der Waals surface area contributed by atoms with E-state index in [-0.39, 0.29) is 11.9 Å². The first kappa shape index (κ1) is 16.0. The molecule has 114 valence electrons. The molecular formula is C16H21ClFN3. The fraction of sp³-hybridized carbons (Fsp3) is 0.438. The van der Waals surface area contributed by atoms with Crippen molar-refractivity contribution < 1.29 is 4.39 Å². The number of hydrogen-bond donors (Lipinski definition) is 1. The predicted octanol–water partition coefficient (Wildman–Crippen LogP) is 3.15. The van der Waals surface area contributed by atoms with Crippen molar-refractivity contribution in [1.29, 1.82) is 0 Å². The van der Waals surface area contributed by atoms with E-state index in [1.807, 2.05) is 37.8 Å². The Morgan fingerprint density at radius 2 is 1.95 bits per heavy atom. The van der Waals surface area contributed by atoms with E-state index in [1.54, 1.807) is 0 Å². The molecule has 0 spiro atoms. The second-order valence-corrected chi connectivity index (χ2v) is 5.58. The van der Waals surface area contributed by atoms with Crippen molar-refractivity contribution in [1.82, 2.24) is 15.1 Å². The van der Waals surface area contributed by atoms with Gasteiger partial charge in [0.05, 0.1) is 16.4 Å². The number of nitrogens with one attached hydrogen (secondary N) is 1. The van der Waals surface area contributed by atoms with Gasteiger partial charge in [0, 0.05) is 19.5 Å². The highest BCUT2D eigenvalue weighted by atomic mass is 35.5. The zero-order valence-corrected chi connectivity index (χ0v) is 13.4. The van der Waals surface area contributed by atoms with Crippen LogP contribution in [0.15, 0.2) is 24.3 Å². The van der Waals surface area contributed by atoms with Crippen LogP contribution in [0.2, 0.25) is 5.02 Å². The SMILES string of the molecule is CCc1nn(C)c(CC(Cc2ccc(F)cc2)NC)c1Cl. The normalized spacial score (nSPS) is 12.6. The molecule has 2 rings (SSSR count). The molecule has 1 aromatic heterocycles. The van der Waals surface area contributed by atoms with E-state index in [0.717, 1.165) is 41.2 Å². The maximum absolute atomic E-state index is 13.0. The third-order valence-corrected chi connectivity index (χ3v) is 4.18. The number of likely N-dealkylation sites (N-methyl/N-ethyl adjacent to an activating group) is 1. The minimum atomic E-state index is -0.206. The Balaban J connectivity index is 2.12. The summed E-state index contributed by atoms with van der Waals surface area (Å²) in [4.78, 5) is 0. The summed E-state index contributed by atoms with van der Waals surface area (Å²) in [6.07, 6.45) is 2.44. The van der Waals surface area contributed by atoms with Crippen molar-refractivity contribution in [2.75, 3.05) is 7.05 Å². The van der Waals surface area contributed by atoms with E-state index < -0.39 is 0 Å². The Kier molecular flexibility index (Phi) is 5.37. The van der Waals surface area contributed by atoms with E-state index in [0.29, 0.717) is 0 Å². The van der Waals surface area contributed by atoms with E-state index in [1.165, 1.54) is 12.1 Å². The van der Waals surface area contributed by atoms with Gasteiger partial charge in [-0.2, -0.15) is 5.10 Å². The summed E-state index contributed by atoms with van der Waals surface area (Å²) in [5.74, 6) is -0.206. The van der Waals surface area contributed by atoms with Gasteiger partial charge >= 0.3 is 0 Å². The molecular weight excluding hydrogens is 289 g/mol. The highest BCUT2D eigenvalue weighted by molar-refractivity contribution is 6.31. The average Bonchev–Trinajstić information content (AvgIpc) is 2.75. The van der Waals surface area contributed by atoms with Gasteiger partial charge in [-0.25, -0.2) is 4.39 Å². The largest absolute Gasteiger partial charge is 0.316 e. The van der Waals surface area contributed by atoms with Gasteiger partial charge in [-0.15, -0.1) is 0 Å². The fourth-order valence-corrected chi connectivity index (χ4v) is 2.83. The highest BCUT2D eigenvalue weighted by Crippen LogP contribution is 2.22. The van der Waals surface area contributed by atoms with Crippen LogP contribution in [0, 0.1) is 5.82 Å². The lowest BCUT2D eigenvalue weighted by Crippen LogP contribution is -2.30. The van der Waals surface area contributed by atoms with Gasteiger partial charge in [-0.1, -0.05) is 30.7 Å². The molecule has 1 unspecified atom stereocenters. The van der Waals surface area contributed by atoms with Crippen molar-refractivity contribution in [2.24, 2.45) is 7.05 Å². The molecule has 0 aliphatic rings. The zero-order chi connectivity index (χ0) is 15.4. The minimum Gasteiger partial charge on any atom is -0.316 e. The van der Waals surface area contributed by atoms with Crippen molar-refractivity contribution in [3.05, 3.63) is 52.1 Å². The molecule has 1 atom stereocenters. The molecule has 2 aromatic rings. The highest BCUT2D eigenvalue weighted by Gasteiger charge is 2.17. The molecule has 0 radical (unpaired) electrons. The number of nitrogens with zero attached hydrogens (tertiary/aromatic N) is 2. The molecule has 0 amide bonds. The second kappa shape index (κ2) is 7.05. The van der Waals surface area contributed by atoms with Crippen LogP contribution >= 0.6 is 11.6 Å². The molecule has 0 aliphatic carbocycles. The van der Waals surface area contributed by atoms with Crippen LogP contribution in [0.4, 0.5) is 4.39 Å². The van der Waals surface area contributed by atoms with Gasteiger partial charge in [0.2, 0.25) is 0 Å². The standard InChI is InChI=1S/C16H21ClFN3/c1-4-14-16(17)15(21(3)20-14)10-13(19-2)9-11-5-7-12(18)8-6-11/h5-8,13,19H,4,9-10H2,1-3H3. The first-order chi connectivity index (χ1) is 10.0. The van der Waals surface area contributed by atoms with Gasteiger partial charge in [0.15, 0.2) is 0 Å². The van der Waals surface area contributed by atoms with E-state index in [2.05, 4.69) is 10.4 Å². The molecule has 5 heteroatoms. The number of aromatic nitrogens is 2. The Bertz CT molecular complexity index is 592. The lowest BCUT2D eigenvalue weighted by Gasteiger charge is -2.16. The lowest BCUT2D eigenvalue weighted by molar-refractivity contribution is 0.533. The topological polar surface area (TPSA) is 29.9 Å².